The number of anilines is 1. The second kappa shape index (κ2) is 17.3. The lowest BCUT2D eigenvalue weighted by Gasteiger charge is -2.22. The number of nitrogens with zero attached hydrogens (tertiary/aromatic N) is 2. The van der Waals surface area contributed by atoms with Gasteiger partial charge in [0.2, 0.25) is 0 Å². The van der Waals surface area contributed by atoms with Crippen LogP contribution in [0.3, 0.4) is 0 Å². The molecule has 0 amide bonds. The standard InChI is InChI=1S/C40H45N3O6/c1-4-28-11-14-37(48-27(2)44)24-35(46)21-30(31-13-15-38(39(22-31)47-3)49-36-9-5-8-34(45)23-36)7-6-17-42-40-20-29(16-18-43-40)10-12-32-25-41-26-33(32)19-28/h5,8-9,13,15-16,18,20,22-23,26,28,30,37,45H,4,10-12,14,17,19,21,24-25H2,1-3H3,(H,42,43). The summed E-state index contributed by atoms with van der Waals surface area (Å²) in [6, 6.07) is 16.1. The van der Waals surface area contributed by atoms with Crippen molar-refractivity contribution in [2.24, 2.45) is 10.9 Å². The number of esters is 1. The Labute approximate surface area is 288 Å². The van der Waals surface area contributed by atoms with Crippen molar-refractivity contribution < 1.29 is 28.9 Å². The third-order valence-electron chi connectivity index (χ3n) is 9.00. The van der Waals surface area contributed by atoms with Crippen molar-refractivity contribution in [3.63, 3.8) is 0 Å². The van der Waals surface area contributed by atoms with Crippen molar-refractivity contribution >= 4 is 23.8 Å². The Morgan fingerprint density at radius 2 is 1.92 bits per heavy atom. The van der Waals surface area contributed by atoms with Crippen molar-refractivity contribution in [3.8, 4) is 34.8 Å². The number of benzene rings is 2. The molecule has 3 heterocycles. The first kappa shape index (κ1) is 35.2. The van der Waals surface area contributed by atoms with Crippen molar-refractivity contribution in [1.29, 1.82) is 0 Å². The van der Waals surface area contributed by atoms with E-state index in [9.17, 15) is 14.7 Å². The zero-order chi connectivity index (χ0) is 34.6. The van der Waals surface area contributed by atoms with E-state index >= 15 is 0 Å². The molecule has 0 saturated heterocycles. The second-order valence-corrected chi connectivity index (χ2v) is 12.6. The summed E-state index contributed by atoms with van der Waals surface area (Å²) >= 11 is 0. The molecule has 2 aliphatic heterocycles. The summed E-state index contributed by atoms with van der Waals surface area (Å²) in [5.74, 6) is 8.25. The average molecular weight is 664 g/mol. The van der Waals surface area contributed by atoms with Crippen LogP contribution in [0.1, 0.15) is 75.8 Å². The molecular formula is C40H45N3O6. The Morgan fingerprint density at radius 3 is 2.71 bits per heavy atom. The van der Waals surface area contributed by atoms with Gasteiger partial charge in [-0.1, -0.05) is 37.3 Å². The molecule has 3 aromatic rings. The van der Waals surface area contributed by atoms with Crippen LogP contribution < -0.4 is 14.8 Å². The summed E-state index contributed by atoms with van der Waals surface area (Å²) in [4.78, 5) is 34.8. The van der Waals surface area contributed by atoms with Gasteiger partial charge in [-0.15, -0.1) is 0 Å². The number of phenolic OH excluding ortho intramolecular Hbond substituents is 1. The minimum atomic E-state index is -0.505. The second-order valence-electron chi connectivity index (χ2n) is 12.6. The smallest absolute Gasteiger partial charge is 0.302 e. The average Bonchev–Trinajstić information content (AvgIpc) is 3.53. The first-order valence-corrected chi connectivity index (χ1v) is 17.0. The zero-order valence-electron chi connectivity index (χ0n) is 28.5. The van der Waals surface area contributed by atoms with Crippen LogP contribution in [0.5, 0.6) is 23.0 Å². The molecule has 256 valence electrons. The number of nitrogens with one attached hydrogen (secondary N) is 1. The molecular weight excluding hydrogens is 618 g/mol. The lowest BCUT2D eigenvalue weighted by Crippen LogP contribution is -2.22. The fourth-order valence-corrected chi connectivity index (χ4v) is 6.32. The third-order valence-corrected chi connectivity index (χ3v) is 9.00. The first-order valence-electron chi connectivity index (χ1n) is 17.0. The first-order chi connectivity index (χ1) is 23.8. The summed E-state index contributed by atoms with van der Waals surface area (Å²) < 4.78 is 17.3. The largest absolute Gasteiger partial charge is 0.508 e. The minimum absolute atomic E-state index is 0.0395. The molecule has 1 aromatic heterocycles. The maximum absolute atomic E-state index is 13.7. The van der Waals surface area contributed by atoms with Gasteiger partial charge in [-0.2, -0.15) is 0 Å². The SMILES string of the molecule is CCC1CCC(OC(C)=O)CC(=O)CC(c2ccc(Oc3cccc(O)c3)c(OC)c2)C#CCNc2cc(ccn2)CCC2=C(C=NC2)C1. The van der Waals surface area contributed by atoms with Gasteiger partial charge in [0, 0.05) is 38.2 Å². The van der Waals surface area contributed by atoms with E-state index < -0.39 is 12.0 Å². The number of aryl methyl sites for hydroxylation is 1. The monoisotopic (exact) mass is 663 g/mol. The molecule has 2 aromatic carbocycles. The number of allylic oxidation sites excluding steroid dienone is 1. The van der Waals surface area contributed by atoms with Crippen molar-refractivity contribution in [2.75, 3.05) is 25.5 Å². The number of carbonyl (C=O) groups excluding carboxylic acids is 2. The van der Waals surface area contributed by atoms with E-state index in [-0.39, 0.29) is 30.3 Å². The molecule has 0 aliphatic carbocycles. The number of phenols is 1. The summed E-state index contributed by atoms with van der Waals surface area (Å²) in [5.41, 5.74) is 4.66. The van der Waals surface area contributed by atoms with Crippen LogP contribution in [-0.2, 0) is 20.7 Å². The zero-order valence-corrected chi connectivity index (χ0v) is 28.5. The number of rotatable bonds is 6. The highest BCUT2D eigenvalue weighted by Gasteiger charge is 2.24. The number of pyridine rings is 1. The molecule has 0 fully saturated rings. The fourth-order valence-electron chi connectivity index (χ4n) is 6.32. The maximum Gasteiger partial charge on any atom is 0.302 e. The molecule has 0 radical (unpaired) electrons. The van der Waals surface area contributed by atoms with Gasteiger partial charge in [0.1, 0.15) is 29.2 Å². The molecule has 9 heteroatoms. The number of ether oxygens (including phenoxy) is 3. The summed E-state index contributed by atoms with van der Waals surface area (Å²) in [5, 5.41) is 13.2. The van der Waals surface area contributed by atoms with E-state index in [1.165, 1.54) is 29.7 Å². The third kappa shape index (κ3) is 10.4. The van der Waals surface area contributed by atoms with Gasteiger partial charge in [0.15, 0.2) is 11.5 Å². The molecule has 0 spiro atoms. The molecule has 3 unspecified atom stereocenters. The topological polar surface area (TPSA) is 119 Å². The molecule has 3 atom stereocenters. The van der Waals surface area contributed by atoms with E-state index in [4.69, 9.17) is 14.2 Å². The highest BCUT2D eigenvalue weighted by molar-refractivity contribution is 5.82. The van der Waals surface area contributed by atoms with E-state index in [1.54, 1.807) is 31.4 Å². The summed E-state index contributed by atoms with van der Waals surface area (Å²) in [6.45, 7) is 4.66. The highest BCUT2D eigenvalue weighted by Crippen LogP contribution is 2.36. The van der Waals surface area contributed by atoms with E-state index in [0.717, 1.165) is 50.0 Å². The Kier molecular flexibility index (Phi) is 12.5. The number of ketones is 1. The molecule has 9 nitrogen and oxygen atoms in total. The van der Waals surface area contributed by atoms with Crippen LogP contribution in [0.15, 0.2) is 76.9 Å². The molecule has 0 saturated carbocycles. The Hall–Kier alpha value is -5.10. The van der Waals surface area contributed by atoms with Gasteiger partial charge in [-0.05, 0) is 96.7 Å². The van der Waals surface area contributed by atoms with Gasteiger partial charge in [0.05, 0.1) is 26.1 Å². The van der Waals surface area contributed by atoms with E-state index in [1.807, 2.05) is 30.6 Å². The number of aliphatic imine (C=N–C) groups is 1. The van der Waals surface area contributed by atoms with Gasteiger partial charge >= 0.3 is 5.97 Å². The number of aromatic hydroxyl groups is 1. The predicted octanol–water partition coefficient (Wildman–Crippen LogP) is 7.59. The van der Waals surface area contributed by atoms with Crippen molar-refractivity contribution in [3.05, 3.63) is 83.1 Å². The Morgan fingerprint density at radius 1 is 1.04 bits per heavy atom. The number of fused-ring (bicyclic) bond motifs is 2. The molecule has 49 heavy (non-hydrogen) atoms. The van der Waals surface area contributed by atoms with Crippen LogP contribution >= 0.6 is 0 Å². The maximum atomic E-state index is 13.7. The number of hydrogen-bond acceptors (Lipinski definition) is 9. The number of methoxy groups -OCH3 is 1. The van der Waals surface area contributed by atoms with Crippen LogP contribution in [0, 0.1) is 17.8 Å². The van der Waals surface area contributed by atoms with Crippen LogP contribution in [0.25, 0.3) is 0 Å². The number of carbonyl (C=O) groups is 2. The summed E-state index contributed by atoms with van der Waals surface area (Å²) in [7, 11) is 1.55. The van der Waals surface area contributed by atoms with Crippen LogP contribution in [0.2, 0.25) is 0 Å². The van der Waals surface area contributed by atoms with Gasteiger partial charge in [0.25, 0.3) is 0 Å². The summed E-state index contributed by atoms with van der Waals surface area (Å²) in [6.07, 6.45) is 8.77. The van der Waals surface area contributed by atoms with Crippen LogP contribution in [-0.4, -0.2) is 54.4 Å². The lowest BCUT2D eigenvalue weighted by molar-refractivity contribution is -0.148. The molecule has 2 bridgehead atoms. The van der Waals surface area contributed by atoms with Crippen molar-refractivity contribution in [2.45, 2.75) is 77.2 Å². The number of Topliss-reactive ketones (excluding diaryl/α,β-unsaturated/α-hetero) is 1. The molecule has 2 N–H and O–H groups in total. The quantitative estimate of drug-likeness (QED) is 0.205. The van der Waals surface area contributed by atoms with Gasteiger partial charge in [-0.3, -0.25) is 14.6 Å². The molecule has 5 rings (SSSR count). The van der Waals surface area contributed by atoms with Gasteiger partial charge < -0.3 is 24.6 Å². The van der Waals surface area contributed by atoms with Crippen molar-refractivity contribution in [1.82, 2.24) is 4.98 Å². The number of aromatic nitrogens is 1. The highest BCUT2D eigenvalue weighted by atomic mass is 16.5. The van der Waals surface area contributed by atoms with Gasteiger partial charge in [-0.25, -0.2) is 4.98 Å². The Balaban J connectivity index is 1.42. The predicted molar refractivity (Wildman–Crippen MR) is 191 cm³/mol. The lowest BCUT2D eigenvalue weighted by atomic mass is 9.87. The molecule has 2 aliphatic rings. The van der Waals surface area contributed by atoms with Crippen LogP contribution in [0.4, 0.5) is 5.82 Å². The Bertz CT molecular complexity index is 1750. The normalized spacial score (nSPS) is 20.3. The minimum Gasteiger partial charge on any atom is -0.508 e. The number of hydrogen-bond donors (Lipinski definition) is 2. The fraction of sp³-hybridized carbons (Fsp3) is 0.400. The van der Waals surface area contributed by atoms with E-state index in [0.29, 0.717) is 36.1 Å². The van der Waals surface area contributed by atoms with E-state index in [2.05, 4.69) is 40.1 Å².